The Morgan fingerprint density at radius 1 is 0.923 bits per heavy atom. The van der Waals surface area contributed by atoms with E-state index in [1.165, 1.54) is 25.3 Å². The third kappa shape index (κ3) is 8.95. The van der Waals surface area contributed by atoms with Crippen molar-refractivity contribution in [2.45, 2.75) is 4.90 Å². The molecule has 0 saturated carbocycles. The summed E-state index contributed by atoms with van der Waals surface area (Å²) in [5, 5.41) is 5.05. The topological polar surface area (TPSA) is 162 Å². The smallest absolute Gasteiger partial charge is 0.414 e. The fraction of sp³-hybridized carbons (Fsp3) is 0.200. The van der Waals surface area contributed by atoms with Gasteiger partial charge in [-0.1, -0.05) is 29.8 Å². The van der Waals surface area contributed by atoms with Gasteiger partial charge in [-0.05, 0) is 36.4 Å². The van der Waals surface area contributed by atoms with Gasteiger partial charge in [0.2, 0.25) is 5.88 Å². The average Bonchev–Trinajstić information content (AvgIpc) is 2.92. The monoisotopic (exact) mass is 576 g/mol. The summed E-state index contributed by atoms with van der Waals surface area (Å²) >= 11 is 6.11. The molecule has 206 valence electrons. The molecule has 0 bridgehead atoms. The van der Waals surface area contributed by atoms with Crippen LogP contribution in [0, 0.1) is 0 Å². The number of aromatic nitrogens is 1. The molecule has 3 aromatic rings. The first-order valence-electron chi connectivity index (χ1n) is 11.4. The van der Waals surface area contributed by atoms with Crippen LogP contribution in [0.5, 0.6) is 11.6 Å². The lowest BCUT2D eigenvalue weighted by Crippen LogP contribution is -2.32. The highest BCUT2D eigenvalue weighted by molar-refractivity contribution is 7.90. The van der Waals surface area contributed by atoms with E-state index in [2.05, 4.69) is 15.6 Å². The Morgan fingerprint density at radius 3 is 2.36 bits per heavy atom. The lowest BCUT2D eigenvalue weighted by molar-refractivity contribution is 0.0945. The summed E-state index contributed by atoms with van der Waals surface area (Å²) in [7, 11) is -2.90. The molecular weight excluding hydrogens is 552 g/mol. The van der Waals surface area contributed by atoms with Gasteiger partial charge in [-0.15, -0.1) is 0 Å². The van der Waals surface area contributed by atoms with Crippen LogP contribution >= 0.6 is 11.6 Å². The van der Waals surface area contributed by atoms with Gasteiger partial charge in [0.1, 0.15) is 12.4 Å². The van der Waals surface area contributed by atoms with Crippen LogP contribution in [-0.2, 0) is 14.8 Å². The van der Waals surface area contributed by atoms with Gasteiger partial charge in [0.05, 0.1) is 34.2 Å². The summed E-state index contributed by atoms with van der Waals surface area (Å²) in [6, 6.07) is 14.9. The van der Waals surface area contributed by atoms with Crippen molar-refractivity contribution in [1.29, 1.82) is 0 Å². The van der Waals surface area contributed by atoms with Gasteiger partial charge in [0, 0.05) is 25.9 Å². The molecule has 0 unspecified atom stereocenters. The number of rotatable bonds is 12. The predicted octanol–water partition coefficient (Wildman–Crippen LogP) is 2.40. The van der Waals surface area contributed by atoms with Crippen molar-refractivity contribution in [3.05, 3.63) is 83.0 Å². The van der Waals surface area contributed by atoms with Crippen LogP contribution in [0.3, 0.4) is 0 Å². The Labute approximate surface area is 229 Å². The molecule has 0 fully saturated rings. The minimum atomic E-state index is -4.38. The number of ether oxygens (including phenoxy) is 3. The fourth-order valence-electron chi connectivity index (χ4n) is 2.99. The van der Waals surface area contributed by atoms with E-state index in [1.54, 1.807) is 12.1 Å². The van der Waals surface area contributed by atoms with E-state index < -0.39 is 27.9 Å². The number of nitrogens with one attached hydrogen (secondary N) is 3. The Kier molecular flexibility index (Phi) is 10.6. The molecule has 0 aliphatic heterocycles. The predicted molar refractivity (Wildman–Crippen MR) is 141 cm³/mol. The number of carbonyl (C=O) groups excluding carboxylic acids is 3. The number of amides is 3. The van der Waals surface area contributed by atoms with Gasteiger partial charge < -0.3 is 24.8 Å². The van der Waals surface area contributed by atoms with Gasteiger partial charge >= 0.3 is 6.09 Å². The molecule has 0 atom stereocenters. The lowest BCUT2D eigenvalue weighted by atomic mass is 10.2. The van der Waals surface area contributed by atoms with Crippen molar-refractivity contribution in [2.24, 2.45) is 0 Å². The van der Waals surface area contributed by atoms with Crippen LogP contribution in [0.1, 0.15) is 20.7 Å². The molecule has 3 N–H and O–H groups in total. The van der Waals surface area contributed by atoms with Crippen molar-refractivity contribution < 1.29 is 37.0 Å². The van der Waals surface area contributed by atoms with Gasteiger partial charge in [-0.2, -0.15) is 0 Å². The molecule has 12 nitrogen and oxygen atoms in total. The number of methoxy groups -OCH3 is 1. The van der Waals surface area contributed by atoms with Crippen molar-refractivity contribution >= 4 is 39.5 Å². The van der Waals surface area contributed by atoms with E-state index in [4.69, 9.17) is 25.8 Å². The summed E-state index contributed by atoms with van der Waals surface area (Å²) in [5.74, 6) is -1.08. The molecule has 0 radical (unpaired) electrons. The maximum Gasteiger partial charge on any atom is 0.414 e. The maximum absolute atomic E-state index is 12.8. The molecule has 1 aromatic heterocycles. The number of hydrogen-bond donors (Lipinski definition) is 3. The maximum atomic E-state index is 12.8. The second-order valence-corrected chi connectivity index (χ2v) is 9.78. The molecule has 0 aliphatic carbocycles. The van der Waals surface area contributed by atoms with E-state index in [0.717, 1.165) is 18.3 Å². The Balaban J connectivity index is 1.59. The largest absolute Gasteiger partial charge is 0.492 e. The van der Waals surface area contributed by atoms with Crippen LogP contribution in [0.2, 0.25) is 5.02 Å². The number of pyridine rings is 1. The Bertz CT molecular complexity index is 1400. The first-order valence-corrected chi connectivity index (χ1v) is 13.3. The SMILES string of the molecule is COCCNC(=O)Oc1ccc(C(=O)NS(=O)(=O)c2ccc(Cl)c(C(=O)NCCOc3ccccc3)c2)cn1. The van der Waals surface area contributed by atoms with Crippen LogP contribution in [-0.4, -0.2) is 64.7 Å². The molecule has 14 heteroatoms. The number of carbonyl (C=O) groups is 3. The van der Waals surface area contributed by atoms with E-state index in [-0.39, 0.29) is 46.6 Å². The zero-order valence-corrected chi connectivity index (χ0v) is 22.3. The number of sulfonamides is 1. The van der Waals surface area contributed by atoms with E-state index in [0.29, 0.717) is 12.4 Å². The highest BCUT2D eigenvalue weighted by atomic mass is 35.5. The number of para-hydroxylation sites is 1. The first-order chi connectivity index (χ1) is 18.7. The zero-order valence-electron chi connectivity index (χ0n) is 20.7. The summed E-state index contributed by atoms with van der Waals surface area (Å²) < 4.78 is 42.8. The van der Waals surface area contributed by atoms with Crippen LogP contribution in [0.25, 0.3) is 0 Å². The van der Waals surface area contributed by atoms with Gasteiger partial charge in [-0.25, -0.2) is 22.9 Å². The highest BCUT2D eigenvalue weighted by Gasteiger charge is 2.22. The number of benzene rings is 2. The first kappa shape index (κ1) is 29.4. The normalized spacial score (nSPS) is 10.8. The molecule has 39 heavy (non-hydrogen) atoms. The second-order valence-electron chi connectivity index (χ2n) is 7.69. The molecule has 2 aromatic carbocycles. The summed E-state index contributed by atoms with van der Waals surface area (Å²) in [6.07, 6.45) is 0.270. The van der Waals surface area contributed by atoms with Crippen LogP contribution in [0.4, 0.5) is 4.79 Å². The minimum absolute atomic E-state index is 0.0211. The molecule has 0 aliphatic rings. The quantitative estimate of drug-likeness (QED) is 0.275. The molecule has 3 amide bonds. The molecule has 0 saturated heterocycles. The van der Waals surface area contributed by atoms with Gasteiger partial charge in [0.15, 0.2) is 0 Å². The van der Waals surface area contributed by atoms with E-state index >= 15 is 0 Å². The van der Waals surface area contributed by atoms with Crippen molar-refractivity contribution in [1.82, 2.24) is 20.3 Å². The minimum Gasteiger partial charge on any atom is -0.492 e. The summed E-state index contributed by atoms with van der Waals surface area (Å²) in [4.78, 5) is 40.2. The standard InChI is InChI=1S/C25H25ClN4O8S/c1-36-13-11-28-25(33)38-22-10-7-17(16-29-22)23(31)30-39(34,35)19-8-9-21(26)20(15-19)24(32)27-12-14-37-18-5-3-2-4-6-18/h2-10,15-16H,11-14H2,1H3,(H,27,32)(H,28,33)(H,30,31). The van der Waals surface area contributed by atoms with E-state index in [1.807, 2.05) is 22.9 Å². The third-order valence-corrected chi connectivity index (χ3v) is 6.55. The highest BCUT2D eigenvalue weighted by Crippen LogP contribution is 2.21. The van der Waals surface area contributed by atoms with Crippen molar-refractivity contribution in [3.8, 4) is 11.6 Å². The molecule has 1 heterocycles. The number of hydrogen-bond acceptors (Lipinski definition) is 9. The Hall–Kier alpha value is -4.20. The average molecular weight is 577 g/mol. The summed E-state index contributed by atoms with van der Waals surface area (Å²) in [5.41, 5.74) is -0.213. The van der Waals surface area contributed by atoms with Crippen molar-refractivity contribution in [3.63, 3.8) is 0 Å². The molecule has 3 rings (SSSR count). The number of nitrogens with zero attached hydrogens (tertiary/aromatic N) is 1. The zero-order chi connectivity index (χ0) is 28.3. The van der Waals surface area contributed by atoms with Crippen LogP contribution < -0.4 is 24.8 Å². The molecule has 0 spiro atoms. The summed E-state index contributed by atoms with van der Waals surface area (Å²) in [6.45, 7) is 0.834. The van der Waals surface area contributed by atoms with E-state index in [9.17, 15) is 22.8 Å². The van der Waals surface area contributed by atoms with Crippen LogP contribution in [0.15, 0.2) is 71.8 Å². The van der Waals surface area contributed by atoms with Gasteiger partial charge in [-0.3, -0.25) is 9.59 Å². The number of halogens is 1. The lowest BCUT2D eigenvalue weighted by Gasteiger charge is -2.11. The molecular formula is C25H25ClN4O8S. The second kappa shape index (κ2) is 14.1. The van der Waals surface area contributed by atoms with Crippen molar-refractivity contribution in [2.75, 3.05) is 33.4 Å². The van der Waals surface area contributed by atoms with Gasteiger partial charge in [0.25, 0.3) is 21.8 Å². The fourth-order valence-corrected chi connectivity index (χ4v) is 4.20. The Morgan fingerprint density at radius 2 is 1.67 bits per heavy atom. The third-order valence-electron chi connectivity index (χ3n) is 4.89.